The van der Waals surface area contributed by atoms with Crippen molar-refractivity contribution in [3.63, 3.8) is 0 Å². The standard InChI is InChI=1S/C16H16Se/c1-14(15-8-4-2-5-9-15)12-13-17-16-10-6-3-7-11-16/h2-12H,13H2,1H3/b14-12-. The predicted octanol–water partition coefficient (Wildman–Crippen LogP) is 3.54. The minimum atomic E-state index is 0.553. The Morgan fingerprint density at radius 2 is 1.53 bits per heavy atom. The summed E-state index contributed by atoms with van der Waals surface area (Å²) in [7, 11) is 0. The van der Waals surface area contributed by atoms with Gasteiger partial charge in [0.1, 0.15) is 0 Å². The van der Waals surface area contributed by atoms with Gasteiger partial charge in [0.25, 0.3) is 0 Å². The molecular formula is C16H16Se. The van der Waals surface area contributed by atoms with Crippen LogP contribution in [0.3, 0.4) is 0 Å². The second kappa shape index (κ2) is 6.44. The third-order valence-corrected chi connectivity index (χ3v) is 4.58. The van der Waals surface area contributed by atoms with Crippen LogP contribution in [0.25, 0.3) is 5.57 Å². The fraction of sp³-hybridized carbons (Fsp3) is 0.125. The first-order valence-electron chi connectivity index (χ1n) is 5.76. The fourth-order valence-electron chi connectivity index (χ4n) is 1.60. The number of hydrogen-bond donors (Lipinski definition) is 0. The maximum atomic E-state index is 2.35. The molecule has 0 bridgehead atoms. The quantitative estimate of drug-likeness (QED) is 0.755. The summed E-state index contributed by atoms with van der Waals surface area (Å²) in [5, 5.41) is 1.16. The summed E-state index contributed by atoms with van der Waals surface area (Å²) in [6.07, 6.45) is 2.35. The van der Waals surface area contributed by atoms with E-state index in [1.165, 1.54) is 15.6 Å². The zero-order valence-corrected chi connectivity index (χ0v) is 11.7. The predicted molar refractivity (Wildman–Crippen MR) is 76.7 cm³/mol. The molecule has 0 heterocycles. The van der Waals surface area contributed by atoms with Gasteiger partial charge < -0.3 is 0 Å². The van der Waals surface area contributed by atoms with Gasteiger partial charge in [0.05, 0.1) is 0 Å². The summed E-state index contributed by atoms with van der Waals surface area (Å²) in [5.74, 6) is 0. The van der Waals surface area contributed by atoms with E-state index >= 15 is 0 Å². The van der Waals surface area contributed by atoms with Crippen LogP contribution in [-0.2, 0) is 0 Å². The molecule has 2 aromatic rings. The second-order valence-electron chi connectivity index (χ2n) is 3.88. The Morgan fingerprint density at radius 3 is 2.18 bits per heavy atom. The summed E-state index contributed by atoms with van der Waals surface area (Å²) >= 11 is 0.553. The molecule has 0 aliphatic rings. The molecule has 0 fully saturated rings. The molecular weight excluding hydrogens is 271 g/mol. The van der Waals surface area contributed by atoms with Gasteiger partial charge in [-0.15, -0.1) is 0 Å². The summed E-state index contributed by atoms with van der Waals surface area (Å²) in [6, 6.07) is 21.3. The molecule has 0 amide bonds. The molecule has 1 heteroatoms. The van der Waals surface area contributed by atoms with Gasteiger partial charge in [-0.05, 0) is 0 Å². The molecule has 0 saturated heterocycles. The molecule has 0 radical (unpaired) electrons. The van der Waals surface area contributed by atoms with Gasteiger partial charge >= 0.3 is 110 Å². The molecule has 0 unspecified atom stereocenters. The van der Waals surface area contributed by atoms with Gasteiger partial charge in [-0.25, -0.2) is 0 Å². The number of hydrogen-bond acceptors (Lipinski definition) is 0. The van der Waals surface area contributed by atoms with Crippen LogP contribution in [-0.4, -0.2) is 15.0 Å². The van der Waals surface area contributed by atoms with Crippen molar-refractivity contribution in [2.45, 2.75) is 12.2 Å². The Hall–Kier alpha value is -1.30. The Kier molecular flexibility index (Phi) is 4.61. The van der Waals surface area contributed by atoms with Crippen LogP contribution >= 0.6 is 0 Å². The Bertz CT molecular complexity index is 471. The Balaban J connectivity index is 1.93. The molecule has 0 saturated carbocycles. The van der Waals surface area contributed by atoms with E-state index in [1.54, 1.807) is 0 Å². The van der Waals surface area contributed by atoms with Gasteiger partial charge in [0.15, 0.2) is 0 Å². The van der Waals surface area contributed by atoms with E-state index in [0.29, 0.717) is 15.0 Å². The van der Waals surface area contributed by atoms with Crippen LogP contribution in [0.5, 0.6) is 0 Å². The summed E-state index contributed by atoms with van der Waals surface area (Å²) in [4.78, 5) is 0. The van der Waals surface area contributed by atoms with E-state index in [-0.39, 0.29) is 0 Å². The monoisotopic (exact) mass is 288 g/mol. The first kappa shape index (κ1) is 12.2. The van der Waals surface area contributed by atoms with Crippen molar-refractivity contribution in [2.75, 3.05) is 0 Å². The van der Waals surface area contributed by atoms with Crippen molar-refractivity contribution < 1.29 is 0 Å². The molecule has 0 nitrogen and oxygen atoms in total. The van der Waals surface area contributed by atoms with E-state index < -0.39 is 0 Å². The third kappa shape index (κ3) is 3.89. The van der Waals surface area contributed by atoms with E-state index in [9.17, 15) is 0 Å². The van der Waals surface area contributed by atoms with Crippen molar-refractivity contribution in [3.8, 4) is 0 Å². The number of allylic oxidation sites excluding steroid dienone is 2. The van der Waals surface area contributed by atoms with Gasteiger partial charge in [-0.1, -0.05) is 0 Å². The van der Waals surface area contributed by atoms with Crippen molar-refractivity contribution in [2.24, 2.45) is 0 Å². The van der Waals surface area contributed by atoms with E-state index in [2.05, 4.69) is 73.7 Å². The molecule has 0 N–H and O–H groups in total. The average Bonchev–Trinajstić information content (AvgIpc) is 2.41. The third-order valence-electron chi connectivity index (χ3n) is 2.61. The summed E-state index contributed by atoms with van der Waals surface area (Å²) in [5.41, 5.74) is 2.71. The first-order chi connectivity index (χ1) is 8.36. The molecule has 0 aromatic heterocycles. The van der Waals surface area contributed by atoms with Gasteiger partial charge in [0.2, 0.25) is 0 Å². The van der Waals surface area contributed by atoms with Crippen molar-refractivity contribution >= 4 is 25.0 Å². The SMILES string of the molecule is C/C(=C/C[Se]c1ccccc1)c1ccccc1. The van der Waals surface area contributed by atoms with Crippen LogP contribution in [0, 0.1) is 0 Å². The second-order valence-corrected chi connectivity index (χ2v) is 6.17. The molecule has 2 aromatic carbocycles. The number of rotatable bonds is 4. The number of benzene rings is 2. The van der Waals surface area contributed by atoms with E-state index in [4.69, 9.17) is 0 Å². The molecule has 17 heavy (non-hydrogen) atoms. The molecule has 86 valence electrons. The molecule has 0 aliphatic heterocycles. The normalized spacial score (nSPS) is 11.5. The maximum absolute atomic E-state index is 2.35. The van der Waals surface area contributed by atoms with Crippen molar-refractivity contribution in [1.29, 1.82) is 0 Å². The average molecular weight is 287 g/mol. The van der Waals surface area contributed by atoms with Crippen LogP contribution < -0.4 is 4.46 Å². The van der Waals surface area contributed by atoms with E-state index in [1.807, 2.05) is 0 Å². The molecule has 2 rings (SSSR count). The topological polar surface area (TPSA) is 0 Å². The Labute approximate surface area is 110 Å². The van der Waals surface area contributed by atoms with Gasteiger partial charge in [-0.3, -0.25) is 0 Å². The van der Waals surface area contributed by atoms with Gasteiger partial charge in [0, 0.05) is 0 Å². The molecule has 0 aliphatic carbocycles. The first-order valence-corrected chi connectivity index (χ1v) is 7.83. The fourth-order valence-corrected chi connectivity index (χ4v) is 3.44. The van der Waals surface area contributed by atoms with Crippen LogP contribution in [0.4, 0.5) is 0 Å². The van der Waals surface area contributed by atoms with Crippen LogP contribution in [0.15, 0.2) is 66.7 Å². The molecule has 0 spiro atoms. The minimum absolute atomic E-state index is 0.553. The van der Waals surface area contributed by atoms with Crippen molar-refractivity contribution in [1.82, 2.24) is 0 Å². The Morgan fingerprint density at radius 1 is 0.941 bits per heavy atom. The van der Waals surface area contributed by atoms with Crippen LogP contribution in [0.2, 0.25) is 5.32 Å². The van der Waals surface area contributed by atoms with Gasteiger partial charge in [-0.2, -0.15) is 0 Å². The summed E-state index contributed by atoms with van der Waals surface area (Å²) in [6.45, 7) is 2.19. The zero-order valence-electron chi connectivity index (χ0n) is 9.97. The van der Waals surface area contributed by atoms with Crippen LogP contribution in [0.1, 0.15) is 12.5 Å². The molecule has 0 atom stereocenters. The van der Waals surface area contributed by atoms with E-state index in [0.717, 1.165) is 5.32 Å². The summed E-state index contributed by atoms with van der Waals surface area (Å²) < 4.78 is 1.47. The van der Waals surface area contributed by atoms with Crippen molar-refractivity contribution in [3.05, 3.63) is 72.3 Å². The zero-order chi connectivity index (χ0) is 11.9.